The third-order valence-corrected chi connectivity index (χ3v) is 2.26. The van der Waals surface area contributed by atoms with Gasteiger partial charge < -0.3 is 5.11 Å². The molecule has 0 radical (unpaired) electrons. The summed E-state index contributed by atoms with van der Waals surface area (Å²) in [5.74, 6) is 1.51. The Labute approximate surface area is 83.7 Å². The minimum Gasteiger partial charge on any atom is -0.478 e. The van der Waals surface area contributed by atoms with Crippen LogP contribution < -0.4 is 0 Å². The zero-order valence-electron chi connectivity index (χ0n) is 6.04. The number of terminal acetylenes is 1. The Hall–Kier alpha value is -1.02. The largest absolute Gasteiger partial charge is 0.478 e. The van der Waals surface area contributed by atoms with E-state index in [1.807, 2.05) is 22.6 Å². The summed E-state index contributed by atoms with van der Waals surface area (Å²) in [7, 11) is 0. The molecule has 12 heavy (non-hydrogen) atoms. The number of benzene rings is 1. The lowest BCUT2D eigenvalue weighted by atomic mass is 10.1. The van der Waals surface area contributed by atoms with Crippen molar-refractivity contribution in [3.8, 4) is 12.3 Å². The molecule has 3 heteroatoms. The van der Waals surface area contributed by atoms with Crippen LogP contribution in [0.4, 0.5) is 0 Å². The van der Waals surface area contributed by atoms with Crippen molar-refractivity contribution in [3.63, 3.8) is 0 Å². The Bertz CT molecular complexity index is 363. The molecule has 0 unspecified atom stereocenters. The van der Waals surface area contributed by atoms with E-state index in [-0.39, 0.29) is 5.56 Å². The van der Waals surface area contributed by atoms with Gasteiger partial charge in [-0.05, 0) is 40.8 Å². The summed E-state index contributed by atoms with van der Waals surface area (Å²) in [4.78, 5) is 10.6. The van der Waals surface area contributed by atoms with Gasteiger partial charge in [-0.3, -0.25) is 0 Å². The van der Waals surface area contributed by atoms with Crippen LogP contribution in [-0.2, 0) is 0 Å². The van der Waals surface area contributed by atoms with E-state index in [0.29, 0.717) is 9.13 Å². The van der Waals surface area contributed by atoms with E-state index in [0.717, 1.165) is 0 Å². The summed E-state index contributed by atoms with van der Waals surface area (Å²) < 4.78 is 0.663. The van der Waals surface area contributed by atoms with E-state index in [9.17, 15) is 4.79 Å². The number of hydrogen-bond acceptors (Lipinski definition) is 1. The van der Waals surface area contributed by atoms with Crippen LogP contribution in [-0.4, -0.2) is 11.1 Å². The number of aromatic carboxylic acids is 1. The van der Waals surface area contributed by atoms with Crippen molar-refractivity contribution in [3.05, 3.63) is 32.9 Å². The van der Waals surface area contributed by atoms with Crippen molar-refractivity contribution in [1.29, 1.82) is 0 Å². The van der Waals surface area contributed by atoms with Crippen LogP contribution in [0.1, 0.15) is 15.9 Å². The van der Waals surface area contributed by atoms with Gasteiger partial charge in [-0.2, -0.15) is 0 Å². The van der Waals surface area contributed by atoms with Crippen molar-refractivity contribution in [2.45, 2.75) is 0 Å². The first-order chi connectivity index (χ1) is 5.65. The van der Waals surface area contributed by atoms with Gasteiger partial charge in [-0.1, -0.05) is 5.92 Å². The number of carboxylic acids is 1. The standard InChI is InChI=1S/C9H5IO2/c1-2-6-3-4-7(9(11)12)8(10)5-6/h1,3-5H,(H,11,12). The summed E-state index contributed by atoms with van der Waals surface area (Å²) in [6, 6.07) is 4.80. The van der Waals surface area contributed by atoms with E-state index in [2.05, 4.69) is 5.92 Å². The fraction of sp³-hybridized carbons (Fsp3) is 0. The molecule has 0 amide bonds. The summed E-state index contributed by atoms with van der Waals surface area (Å²) in [6.07, 6.45) is 5.14. The molecule has 0 saturated heterocycles. The van der Waals surface area contributed by atoms with Gasteiger partial charge in [0.25, 0.3) is 0 Å². The van der Waals surface area contributed by atoms with E-state index in [1.165, 1.54) is 6.07 Å². The number of halogens is 1. The topological polar surface area (TPSA) is 37.3 Å². The van der Waals surface area contributed by atoms with Crippen LogP contribution in [0.25, 0.3) is 0 Å². The van der Waals surface area contributed by atoms with Crippen molar-refractivity contribution in [2.24, 2.45) is 0 Å². The van der Waals surface area contributed by atoms with E-state index in [4.69, 9.17) is 11.5 Å². The average molecular weight is 272 g/mol. The van der Waals surface area contributed by atoms with Gasteiger partial charge in [0.2, 0.25) is 0 Å². The number of carboxylic acid groups (broad SMARTS) is 1. The molecule has 0 aliphatic rings. The second-order valence-corrected chi connectivity index (χ2v) is 3.31. The smallest absolute Gasteiger partial charge is 0.336 e. The molecule has 0 bridgehead atoms. The third-order valence-electron chi connectivity index (χ3n) is 1.37. The Morgan fingerprint density at radius 1 is 1.58 bits per heavy atom. The summed E-state index contributed by atoms with van der Waals surface area (Å²) in [6.45, 7) is 0. The van der Waals surface area contributed by atoms with Gasteiger partial charge >= 0.3 is 5.97 Å². The van der Waals surface area contributed by atoms with Crippen molar-refractivity contribution < 1.29 is 9.90 Å². The molecular weight excluding hydrogens is 267 g/mol. The molecule has 1 aromatic rings. The molecule has 60 valence electrons. The highest BCUT2D eigenvalue weighted by molar-refractivity contribution is 14.1. The van der Waals surface area contributed by atoms with Gasteiger partial charge in [-0.15, -0.1) is 6.42 Å². The normalized spacial score (nSPS) is 9.00. The predicted molar refractivity (Wildman–Crippen MR) is 54.1 cm³/mol. The minimum absolute atomic E-state index is 0.287. The van der Waals surface area contributed by atoms with Crippen LogP contribution >= 0.6 is 22.6 Å². The second-order valence-electron chi connectivity index (χ2n) is 2.14. The number of carbonyl (C=O) groups is 1. The summed E-state index contributed by atoms with van der Waals surface area (Å²) in [5, 5.41) is 8.67. The predicted octanol–water partition coefficient (Wildman–Crippen LogP) is 1.97. The highest BCUT2D eigenvalue weighted by atomic mass is 127. The van der Waals surface area contributed by atoms with Crippen LogP contribution in [0, 0.1) is 15.9 Å². The quantitative estimate of drug-likeness (QED) is 0.627. The molecule has 1 N–H and O–H groups in total. The van der Waals surface area contributed by atoms with Crippen molar-refractivity contribution in [2.75, 3.05) is 0 Å². The maximum Gasteiger partial charge on any atom is 0.336 e. The first kappa shape index (κ1) is 9.07. The van der Waals surface area contributed by atoms with Gasteiger partial charge in [0, 0.05) is 9.13 Å². The average Bonchev–Trinajstić information content (AvgIpc) is 2.03. The van der Waals surface area contributed by atoms with Crippen molar-refractivity contribution >= 4 is 28.6 Å². The Morgan fingerprint density at radius 2 is 2.25 bits per heavy atom. The molecule has 0 aliphatic carbocycles. The SMILES string of the molecule is C#Cc1ccc(C(=O)O)c(I)c1. The number of rotatable bonds is 1. The summed E-state index contributed by atoms with van der Waals surface area (Å²) >= 11 is 1.95. The molecule has 0 aromatic heterocycles. The molecule has 1 rings (SSSR count). The van der Waals surface area contributed by atoms with Crippen molar-refractivity contribution in [1.82, 2.24) is 0 Å². The molecule has 0 spiro atoms. The molecule has 2 nitrogen and oxygen atoms in total. The third kappa shape index (κ3) is 1.77. The van der Waals surface area contributed by atoms with E-state index < -0.39 is 5.97 Å². The molecule has 1 aromatic carbocycles. The summed E-state index contributed by atoms with van der Waals surface area (Å²) in [5.41, 5.74) is 0.985. The van der Waals surface area contributed by atoms with Crippen LogP contribution in [0.3, 0.4) is 0 Å². The Morgan fingerprint density at radius 3 is 2.67 bits per heavy atom. The molecule has 0 fully saturated rings. The maximum atomic E-state index is 10.6. The fourth-order valence-electron chi connectivity index (χ4n) is 0.778. The highest BCUT2D eigenvalue weighted by Gasteiger charge is 2.06. The fourth-order valence-corrected chi connectivity index (χ4v) is 1.52. The van der Waals surface area contributed by atoms with Gasteiger partial charge in [0.1, 0.15) is 0 Å². The first-order valence-electron chi connectivity index (χ1n) is 3.14. The van der Waals surface area contributed by atoms with Gasteiger partial charge in [-0.25, -0.2) is 4.79 Å². The molecule has 0 saturated carbocycles. The maximum absolute atomic E-state index is 10.6. The zero-order valence-corrected chi connectivity index (χ0v) is 8.20. The Kier molecular flexibility index (Phi) is 2.71. The van der Waals surface area contributed by atoms with Crippen LogP contribution in [0.5, 0.6) is 0 Å². The highest BCUT2D eigenvalue weighted by Crippen LogP contribution is 2.13. The molecule has 0 aliphatic heterocycles. The van der Waals surface area contributed by atoms with E-state index >= 15 is 0 Å². The zero-order chi connectivity index (χ0) is 9.14. The second kappa shape index (κ2) is 3.59. The Balaban J connectivity index is 3.23. The molecule has 0 heterocycles. The van der Waals surface area contributed by atoms with Gasteiger partial charge in [0.05, 0.1) is 5.56 Å². The lowest BCUT2D eigenvalue weighted by molar-refractivity contribution is 0.0696. The van der Waals surface area contributed by atoms with Gasteiger partial charge in [0.15, 0.2) is 0 Å². The van der Waals surface area contributed by atoms with Crippen LogP contribution in [0.2, 0.25) is 0 Å². The molecule has 0 atom stereocenters. The lowest BCUT2D eigenvalue weighted by Gasteiger charge is -1.98. The van der Waals surface area contributed by atoms with Crippen LogP contribution in [0.15, 0.2) is 18.2 Å². The molecular formula is C9H5IO2. The minimum atomic E-state index is -0.928. The van der Waals surface area contributed by atoms with E-state index in [1.54, 1.807) is 12.1 Å². The first-order valence-corrected chi connectivity index (χ1v) is 4.22. The monoisotopic (exact) mass is 272 g/mol. The number of hydrogen-bond donors (Lipinski definition) is 1. The lowest BCUT2D eigenvalue weighted by Crippen LogP contribution is -1.99.